The smallest absolute Gasteiger partial charge is 0 e. The van der Waals surface area contributed by atoms with Crippen LogP contribution in [0.15, 0.2) is 0 Å². The number of hydrogen-bond donors (Lipinski definition) is 1. The van der Waals surface area contributed by atoms with E-state index in [1.807, 2.05) is 0 Å². The van der Waals surface area contributed by atoms with Crippen LogP contribution in [0.5, 0.6) is 0 Å². The first-order chi connectivity index (χ1) is 0. The van der Waals surface area contributed by atoms with Crippen molar-refractivity contribution in [2.24, 2.45) is 0 Å². The van der Waals surface area contributed by atoms with Crippen molar-refractivity contribution in [1.82, 2.24) is 6.15 Å². The molecule has 4 radical (unpaired) electrons. The van der Waals surface area contributed by atoms with E-state index in [2.05, 4.69) is 0 Å². The van der Waals surface area contributed by atoms with Gasteiger partial charge < -0.3 is 6.15 Å². The van der Waals surface area contributed by atoms with Gasteiger partial charge in [-0.25, -0.2) is 0 Å². The van der Waals surface area contributed by atoms with Gasteiger partial charge in [0.15, 0.2) is 0 Å². The molecule has 0 fully saturated rings. The molecule has 20 valence electrons. The molecule has 0 aliphatic carbocycles. The minimum atomic E-state index is 0. The summed E-state index contributed by atoms with van der Waals surface area (Å²) in [5.74, 6) is 0. The topological polar surface area (TPSA) is 35.0 Å². The van der Waals surface area contributed by atoms with Gasteiger partial charge in [0.25, 0.3) is 0 Å². The van der Waals surface area contributed by atoms with Crippen molar-refractivity contribution in [3.8, 4) is 0 Å². The van der Waals surface area contributed by atoms with Crippen molar-refractivity contribution in [2.75, 3.05) is 0 Å². The van der Waals surface area contributed by atoms with Crippen LogP contribution in [0.3, 0.4) is 0 Å². The van der Waals surface area contributed by atoms with Crippen molar-refractivity contribution in [3.05, 3.63) is 0 Å². The van der Waals surface area contributed by atoms with Crippen molar-refractivity contribution in [3.63, 3.8) is 0 Å². The first kappa shape index (κ1) is 36.1. The fraction of sp³-hybridized carbons (Fsp3) is 0. The fourth-order valence-electron chi connectivity index (χ4n) is 0. The summed E-state index contributed by atoms with van der Waals surface area (Å²) in [7, 11) is 0. The SMILES string of the molecule is N.P.[B].[K]. The normalized spacial score (nSPS) is 0. The minimum absolute atomic E-state index is 0. The van der Waals surface area contributed by atoms with E-state index in [9.17, 15) is 0 Å². The van der Waals surface area contributed by atoms with Crippen LogP contribution in [0.1, 0.15) is 0 Å². The molecule has 4 heteroatoms. The van der Waals surface area contributed by atoms with E-state index in [4.69, 9.17) is 0 Å². The van der Waals surface area contributed by atoms with Crippen molar-refractivity contribution in [1.29, 1.82) is 0 Å². The Bertz CT molecular complexity index is 8.00. The largest absolute Gasteiger partial charge is 0.344 e. The molecule has 0 aliphatic rings. The molecule has 1 unspecified atom stereocenters. The molecule has 0 heterocycles. The maximum absolute atomic E-state index is 0. The average Bonchev–Trinajstić information content (AvgIpc) is 0. The van der Waals surface area contributed by atoms with Gasteiger partial charge in [0, 0.05) is 59.8 Å². The van der Waals surface area contributed by atoms with Gasteiger partial charge in [0.05, 0.1) is 0 Å². The van der Waals surface area contributed by atoms with Gasteiger partial charge >= 0.3 is 0 Å². The van der Waals surface area contributed by atoms with Crippen LogP contribution in [-0.4, -0.2) is 59.8 Å². The van der Waals surface area contributed by atoms with Crippen LogP contribution in [0.25, 0.3) is 0 Å². The molecule has 1 atom stereocenters. The second kappa shape index (κ2) is 19.5. The molecule has 0 bridgehead atoms. The maximum Gasteiger partial charge on any atom is 0 e. The Morgan fingerprint density at radius 2 is 1.00 bits per heavy atom. The van der Waals surface area contributed by atoms with Gasteiger partial charge in [-0.15, -0.1) is 0 Å². The molecule has 0 aromatic heterocycles. The summed E-state index contributed by atoms with van der Waals surface area (Å²) in [4.78, 5) is 0. The van der Waals surface area contributed by atoms with E-state index in [0.29, 0.717) is 0 Å². The molecule has 0 spiro atoms. The molecule has 4 heavy (non-hydrogen) atoms. The van der Waals surface area contributed by atoms with Gasteiger partial charge in [0.1, 0.15) is 0 Å². The van der Waals surface area contributed by atoms with Crippen LogP contribution in [0.2, 0.25) is 0 Å². The summed E-state index contributed by atoms with van der Waals surface area (Å²) in [6.45, 7) is 0. The van der Waals surface area contributed by atoms with Crippen LogP contribution in [-0.2, 0) is 0 Å². The Morgan fingerprint density at radius 1 is 1.00 bits per heavy atom. The molecule has 0 aromatic rings. The summed E-state index contributed by atoms with van der Waals surface area (Å²) in [5, 5.41) is 0. The van der Waals surface area contributed by atoms with E-state index >= 15 is 0 Å². The molecular formula is H6BKNP. The van der Waals surface area contributed by atoms with E-state index < -0.39 is 0 Å². The molecule has 0 amide bonds. The van der Waals surface area contributed by atoms with E-state index in [0.717, 1.165) is 0 Å². The zero-order valence-corrected chi connectivity index (χ0v) is 7.53. The minimum Gasteiger partial charge on any atom is -0.344 e. The van der Waals surface area contributed by atoms with Crippen LogP contribution in [0.4, 0.5) is 0 Å². The molecule has 0 aliphatic heterocycles. The maximum atomic E-state index is 0. The Morgan fingerprint density at radius 3 is 1.00 bits per heavy atom. The predicted molar refractivity (Wildman–Crippen MR) is 27.6 cm³/mol. The van der Waals surface area contributed by atoms with E-state index in [1.54, 1.807) is 0 Å². The molecule has 0 saturated carbocycles. The average molecular weight is 101 g/mol. The quantitative estimate of drug-likeness (QED) is 0.322. The summed E-state index contributed by atoms with van der Waals surface area (Å²) < 4.78 is 0. The molecule has 0 aromatic carbocycles. The zero-order chi connectivity index (χ0) is 0. The van der Waals surface area contributed by atoms with Crippen LogP contribution >= 0.6 is 9.90 Å². The summed E-state index contributed by atoms with van der Waals surface area (Å²) in [5.41, 5.74) is 0. The first-order valence-corrected chi connectivity index (χ1v) is 0. The number of hydrogen-bond acceptors (Lipinski definition) is 1. The summed E-state index contributed by atoms with van der Waals surface area (Å²) in [6.07, 6.45) is 0. The third-order valence-corrected chi connectivity index (χ3v) is 0. The van der Waals surface area contributed by atoms with Gasteiger partial charge in [0.2, 0.25) is 0 Å². The Labute approximate surface area is 74.5 Å². The number of rotatable bonds is 0. The Kier molecular flexibility index (Phi) is 176. The Balaban J connectivity index is 0. The second-order valence-electron chi connectivity index (χ2n) is 0. The van der Waals surface area contributed by atoms with Crippen molar-refractivity contribution < 1.29 is 0 Å². The molecule has 1 nitrogen and oxygen atoms in total. The van der Waals surface area contributed by atoms with E-state index in [-0.39, 0.29) is 75.8 Å². The second-order valence-corrected chi connectivity index (χ2v) is 0. The van der Waals surface area contributed by atoms with Crippen LogP contribution in [0, 0.1) is 0 Å². The van der Waals surface area contributed by atoms with Gasteiger partial charge in [-0.05, 0) is 0 Å². The fourth-order valence-corrected chi connectivity index (χ4v) is 0. The third-order valence-electron chi connectivity index (χ3n) is 0. The predicted octanol–water partition coefficient (Wildman–Crippen LogP) is -0.542. The van der Waals surface area contributed by atoms with Crippen molar-refractivity contribution in [2.45, 2.75) is 0 Å². The Hall–Kier alpha value is 2.09. The van der Waals surface area contributed by atoms with Crippen molar-refractivity contribution >= 4 is 69.7 Å². The first-order valence-electron chi connectivity index (χ1n) is 0. The molecule has 0 saturated heterocycles. The van der Waals surface area contributed by atoms with Crippen LogP contribution < -0.4 is 6.15 Å². The molecule has 0 rings (SSSR count). The van der Waals surface area contributed by atoms with Gasteiger partial charge in [-0.3, -0.25) is 0 Å². The van der Waals surface area contributed by atoms with Gasteiger partial charge in [-0.1, -0.05) is 0 Å². The monoisotopic (exact) mass is 101 g/mol. The zero-order valence-electron chi connectivity index (χ0n) is 2.99. The molecular weight excluding hydrogens is 94.9 g/mol. The summed E-state index contributed by atoms with van der Waals surface area (Å²) in [6, 6.07) is 0. The standard InChI is InChI=1S/B.K.H3N.H3P/h;;2*1H3. The van der Waals surface area contributed by atoms with Gasteiger partial charge in [-0.2, -0.15) is 9.90 Å². The van der Waals surface area contributed by atoms with E-state index in [1.165, 1.54) is 0 Å². The molecule has 3 N–H and O–H groups in total. The summed E-state index contributed by atoms with van der Waals surface area (Å²) >= 11 is 0. The third kappa shape index (κ3) is 8.94.